The Hall–Kier alpha value is -2.76. The summed E-state index contributed by atoms with van der Waals surface area (Å²) in [5, 5.41) is 14.4. The molecular formula is C18H20N6. The first-order valence-electron chi connectivity index (χ1n) is 8.30. The third-order valence-corrected chi connectivity index (χ3v) is 4.50. The first-order chi connectivity index (χ1) is 11.8. The molecule has 3 heterocycles. The van der Waals surface area contributed by atoms with Gasteiger partial charge in [-0.25, -0.2) is 9.97 Å². The van der Waals surface area contributed by atoms with Crippen LogP contribution in [0.4, 0.5) is 11.6 Å². The minimum Gasteiger partial charge on any atom is -0.367 e. The standard InChI is InChI=1S/C18H20N6/c1-13-10-17(20-12-19-13)22-15-6-8-24(9-7-15)18-16-5-3-2-4-14(16)11-21-23-18/h2-5,10-12,15H,6-9H2,1H3,(H,19,20,22). The summed E-state index contributed by atoms with van der Waals surface area (Å²) in [5.74, 6) is 1.90. The Morgan fingerprint density at radius 3 is 2.79 bits per heavy atom. The van der Waals surface area contributed by atoms with Gasteiger partial charge in [-0.15, -0.1) is 5.10 Å². The van der Waals surface area contributed by atoms with Crippen molar-refractivity contribution < 1.29 is 0 Å². The Balaban J connectivity index is 1.46. The van der Waals surface area contributed by atoms with Crippen LogP contribution in [0.15, 0.2) is 42.9 Å². The van der Waals surface area contributed by atoms with Crippen LogP contribution >= 0.6 is 0 Å². The average Bonchev–Trinajstić information content (AvgIpc) is 2.62. The SMILES string of the molecule is Cc1cc(NC2CCN(c3nncc4ccccc34)CC2)ncn1. The van der Waals surface area contributed by atoms with Gasteiger partial charge in [-0.2, -0.15) is 5.10 Å². The van der Waals surface area contributed by atoms with E-state index in [9.17, 15) is 0 Å². The third kappa shape index (κ3) is 2.99. The van der Waals surface area contributed by atoms with E-state index >= 15 is 0 Å². The van der Waals surface area contributed by atoms with Crippen molar-refractivity contribution in [2.75, 3.05) is 23.3 Å². The van der Waals surface area contributed by atoms with Crippen LogP contribution < -0.4 is 10.2 Å². The second-order valence-corrected chi connectivity index (χ2v) is 6.21. The molecule has 0 bridgehead atoms. The van der Waals surface area contributed by atoms with Crippen LogP contribution in [0.2, 0.25) is 0 Å². The van der Waals surface area contributed by atoms with Gasteiger partial charge in [0.2, 0.25) is 0 Å². The first kappa shape index (κ1) is 14.8. The first-order valence-corrected chi connectivity index (χ1v) is 8.30. The fraction of sp³-hybridized carbons (Fsp3) is 0.333. The van der Waals surface area contributed by atoms with Crippen molar-refractivity contribution in [2.45, 2.75) is 25.8 Å². The highest BCUT2D eigenvalue weighted by Gasteiger charge is 2.22. The molecule has 1 fully saturated rings. The third-order valence-electron chi connectivity index (χ3n) is 4.50. The second kappa shape index (κ2) is 6.39. The Morgan fingerprint density at radius 2 is 1.96 bits per heavy atom. The molecule has 1 saturated heterocycles. The van der Waals surface area contributed by atoms with Crippen LogP contribution in [0, 0.1) is 6.92 Å². The lowest BCUT2D eigenvalue weighted by Gasteiger charge is -2.33. The predicted molar refractivity (Wildman–Crippen MR) is 95.2 cm³/mol. The van der Waals surface area contributed by atoms with Crippen LogP contribution in [0.3, 0.4) is 0 Å². The zero-order chi connectivity index (χ0) is 16.4. The number of anilines is 2. The highest BCUT2D eigenvalue weighted by molar-refractivity contribution is 5.91. The Morgan fingerprint density at radius 1 is 1.12 bits per heavy atom. The van der Waals surface area contributed by atoms with Crippen molar-refractivity contribution in [2.24, 2.45) is 0 Å². The normalized spacial score (nSPS) is 15.6. The highest BCUT2D eigenvalue weighted by atomic mass is 15.3. The van der Waals surface area contributed by atoms with E-state index in [1.807, 2.05) is 25.3 Å². The smallest absolute Gasteiger partial charge is 0.159 e. The summed E-state index contributed by atoms with van der Waals surface area (Å²) in [6, 6.07) is 10.7. The Labute approximate surface area is 141 Å². The molecule has 1 aromatic carbocycles. The van der Waals surface area contributed by atoms with Crippen LogP contribution in [0.25, 0.3) is 10.8 Å². The van der Waals surface area contributed by atoms with Crippen LogP contribution in [0.5, 0.6) is 0 Å². The van der Waals surface area contributed by atoms with E-state index in [1.165, 1.54) is 5.39 Å². The highest BCUT2D eigenvalue weighted by Crippen LogP contribution is 2.26. The van der Waals surface area contributed by atoms with Crippen LogP contribution in [-0.2, 0) is 0 Å². The van der Waals surface area contributed by atoms with E-state index in [-0.39, 0.29) is 0 Å². The largest absolute Gasteiger partial charge is 0.367 e. The average molecular weight is 320 g/mol. The molecule has 1 N–H and O–H groups in total. The number of nitrogens with one attached hydrogen (secondary N) is 1. The summed E-state index contributed by atoms with van der Waals surface area (Å²) >= 11 is 0. The lowest BCUT2D eigenvalue weighted by molar-refractivity contribution is 0.522. The van der Waals surface area contributed by atoms with Crippen molar-refractivity contribution in [1.29, 1.82) is 0 Å². The molecule has 2 aromatic heterocycles. The summed E-state index contributed by atoms with van der Waals surface area (Å²) in [4.78, 5) is 10.8. The molecule has 3 aromatic rings. The molecule has 0 amide bonds. The van der Waals surface area contributed by atoms with E-state index in [4.69, 9.17) is 0 Å². The van der Waals surface area contributed by atoms with Gasteiger partial charge in [0.05, 0.1) is 6.20 Å². The molecule has 0 spiro atoms. The molecule has 4 rings (SSSR count). The number of benzene rings is 1. The van der Waals surface area contributed by atoms with E-state index in [2.05, 4.69) is 48.6 Å². The quantitative estimate of drug-likeness (QED) is 0.800. The summed E-state index contributed by atoms with van der Waals surface area (Å²) in [5.41, 5.74) is 0.982. The monoisotopic (exact) mass is 320 g/mol. The van der Waals surface area contributed by atoms with Gasteiger partial charge in [0, 0.05) is 41.7 Å². The van der Waals surface area contributed by atoms with Gasteiger partial charge in [0.25, 0.3) is 0 Å². The van der Waals surface area contributed by atoms with Gasteiger partial charge in [-0.05, 0) is 19.8 Å². The van der Waals surface area contributed by atoms with E-state index < -0.39 is 0 Å². The Kier molecular flexibility index (Phi) is 3.94. The summed E-state index contributed by atoms with van der Waals surface area (Å²) in [6.45, 7) is 3.91. The van der Waals surface area contributed by atoms with E-state index in [0.717, 1.165) is 48.6 Å². The maximum atomic E-state index is 4.39. The molecule has 24 heavy (non-hydrogen) atoms. The zero-order valence-electron chi connectivity index (χ0n) is 13.7. The minimum atomic E-state index is 0.429. The number of piperidine rings is 1. The van der Waals surface area contributed by atoms with Crippen molar-refractivity contribution in [1.82, 2.24) is 20.2 Å². The van der Waals surface area contributed by atoms with Gasteiger partial charge in [0.1, 0.15) is 12.1 Å². The maximum absolute atomic E-state index is 4.39. The number of aryl methyl sites for hydroxylation is 1. The van der Waals surface area contributed by atoms with Crippen molar-refractivity contribution >= 4 is 22.4 Å². The summed E-state index contributed by atoms with van der Waals surface area (Å²) in [6.07, 6.45) is 5.53. The molecule has 122 valence electrons. The van der Waals surface area contributed by atoms with Crippen LogP contribution in [0.1, 0.15) is 18.5 Å². The second-order valence-electron chi connectivity index (χ2n) is 6.21. The molecule has 0 radical (unpaired) electrons. The van der Waals surface area contributed by atoms with E-state index in [1.54, 1.807) is 6.33 Å². The minimum absolute atomic E-state index is 0.429. The van der Waals surface area contributed by atoms with Crippen molar-refractivity contribution in [3.8, 4) is 0 Å². The topological polar surface area (TPSA) is 66.8 Å². The molecule has 6 nitrogen and oxygen atoms in total. The Bertz CT molecular complexity index is 836. The van der Waals surface area contributed by atoms with Gasteiger partial charge in [0.15, 0.2) is 5.82 Å². The van der Waals surface area contributed by atoms with Crippen molar-refractivity contribution in [3.05, 3.63) is 48.5 Å². The van der Waals surface area contributed by atoms with Gasteiger partial charge < -0.3 is 10.2 Å². The number of fused-ring (bicyclic) bond motifs is 1. The molecule has 0 atom stereocenters. The number of nitrogens with zero attached hydrogens (tertiary/aromatic N) is 5. The van der Waals surface area contributed by atoms with Gasteiger partial charge in [-0.3, -0.25) is 0 Å². The molecule has 6 heteroatoms. The number of aromatic nitrogens is 4. The van der Waals surface area contributed by atoms with Crippen molar-refractivity contribution in [3.63, 3.8) is 0 Å². The number of rotatable bonds is 3. The molecule has 0 aliphatic carbocycles. The van der Waals surface area contributed by atoms with Gasteiger partial charge in [-0.1, -0.05) is 24.3 Å². The molecule has 1 aliphatic heterocycles. The fourth-order valence-electron chi connectivity index (χ4n) is 3.22. The summed E-state index contributed by atoms with van der Waals surface area (Å²) < 4.78 is 0. The van der Waals surface area contributed by atoms with Crippen LogP contribution in [-0.4, -0.2) is 39.3 Å². The van der Waals surface area contributed by atoms with E-state index in [0.29, 0.717) is 6.04 Å². The lowest BCUT2D eigenvalue weighted by atomic mass is 10.0. The number of hydrogen-bond donors (Lipinski definition) is 1. The summed E-state index contributed by atoms with van der Waals surface area (Å²) in [7, 11) is 0. The number of hydrogen-bond acceptors (Lipinski definition) is 6. The molecule has 0 saturated carbocycles. The molecular weight excluding hydrogens is 300 g/mol. The van der Waals surface area contributed by atoms with Gasteiger partial charge >= 0.3 is 0 Å². The maximum Gasteiger partial charge on any atom is 0.159 e. The zero-order valence-corrected chi connectivity index (χ0v) is 13.7. The lowest BCUT2D eigenvalue weighted by Crippen LogP contribution is -2.39. The fourth-order valence-corrected chi connectivity index (χ4v) is 3.22. The molecule has 1 aliphatic rings. The predicted octanol–water partition coefficient (Wildman–Crippen LogP) is 2.81. The molecule has 0 unspecified atom stereocenters.